The van der Waals surface area contributed by atoms with Crippen LogP contribution in [0.3, 0.4) is 0 Å². The van der Waals surface area contributed by atoms with Gasteiger partial charge in [-0.3, -0.25) is 0 Å². The van der Waals surface area contributed by atoms with Gasteiger partial charge in [0.2, 0.25) is 0 Å². The van der Waals surface area contributed by atoms with E-state index >= 15 is 0 Å². The van der Waals surface area contributed by atoms with Crippen molar-refractivity contribution >= 4 is 46.6 Å². The zero-order chi connectivity index (χ0) is 10.1. The summed E-state index contributed by atoms with van der Waals surface area (Å²) in [4.78, 5) is 2.37. The van der Waals surface area contributed by atoms with Gasteiger partial charge in [0, 0.05) is 0 Å². The molecule has 0 aliphatic carbocycles. The first kappa shape index (κ1) is 14.0. The van der Waals surface area contributed by atoms with Gasteiger partial charge in [0.05, 0.1) is 0 Å². The molecule has 0 saturated heterocycles. The van der Waals surface area contributed by atoms with Crippen molar-refractivity contribution in [1.82, 2.24) is 4.90 Å². The second-order valence-corrected chi connectivity index (χ2v) is 6.36. The molecule has 76 valence electrons. The Labute approximate surface area is 104 Å². The zero-order valence-corrected chi connectivity index (χ0v) is 13.5. The Hall–Kier alpha value is 1.04. The third-order valence-corrected chi connectivity index (χ3v) is 6.30. The second kappa shape index (κ2) is 9.59. The number of nitrogens with zero attached hydrogens (tertiary/aromatic N) is 1. The van der Waals surface area contributed by atoms with Gasteiger partial charge in [-0.25, -0.2) is 0 Å². The predicted molar refractivity (Wildman–Crippen MR) is 68.7 cm³/mol. The van der Waals surface area contributed by atoms with E-state index in [1.54, 1.807) is 0 Å². The van der Waals surface area contributed by atoms with Crippen molar-refractivity contribution in [2.75, 3.05) is 13.1 Å². The van der Waals surface area contributed by atoms with Gasteiger partial charge in [-0.15, -0.1) is 0 Å². The topological polar surface area (TPSA) is 3.24 Å². The first-order valence-corrected chi connectivity index (χ1v) is 10.2. The molecule has 0 spiro atoms. The van der Waals surface area contributed by atoms with Gasteiger partial charge < -0.3 is 0 Å². The summed E-state index contributed by atoms with van der Waals surface area (Å²) in [5, 5.41) is 0. The molecule has 0 unspecified atom stereocenters. The number of hydrogen-bond acceptors (Lipinski definition) is 2. The fourth-order valence-electron chi connectivity index (χ4n) is 1.07. The quantitative estimate of drug-likeness (QED) is 0.546. The molecule has 0 amide bonds. The molecular formula is C9H19NS2Sn. The Morgan fingerprint density at radius 3 is 2.00 bits per heavy atom. The molecule has 0 N–H and O–H groups in total. The van der Waals surface area contributed by atoms with Crippen LogP contribution in [0.1, 0.15) is 39.5 Å². The Morgan fingerprint density at radius 2 is 1.69 bits per heavy atom. The van der Waals surface area contributed by atoms with Crippen LogP contribution in [0.15, 0.2) is 0 Å². The van der Waals surface area contributed by atoms with Crippen molar-refractivity contribution in [3.05, 3.63) is 0 Å². The van der Waals surface area contributed by atoms with Crippen LogP contribution in [0.25, 0.3) is 0 Å². The van der Waals surface area contributed by atoms with Crippen LogP contribution >= 0.6 is 21.2 Å². The van der Waals surface area contributed by atoms with E-state index in [0.29, 0.717) is 0 Å². The summed E-state index contributed by atoms with van der Waals surface area (Å²) >= 11 is 6.51. The van der Waals surface area contributed by atoms with Crippen LogP contribution in [-0.4, -0.2) is 43.5 Å². The van der Waals surface area contributed by atoms with Crippen molar-refractivity contribution in [2.45, 2.75) is 39.5 Å². The third kappa shape index (κ3) is 7.03. The van der Waals surface area contributed by atoms with Crippen molar-refractivity contribution in [3.63, 3.8) is 0 Å². The number of rotatable bonds is 6. The molecule has 0 rings (SSSR count). The molecule has 0 aliphatic heterocycles. The van der Waals surface area contributed by atoms with E-state index < -0.39 is 0 Å². The second-order valence-electron chi connectivity index (χ2n) is 3.08. The van der Waals surface area contributed by atoms with Crippen LogP contribution in [0, 0.1) is 0 Å². The standard InChI is InChI=1S/C9H19NS2.Sn.H/c1-3-5-7-10(9(11)12)8-6-4-2;;/h3-8H2,1-2H3,(H,11,12);;/q;+1;/p-1. The van der Waals surface area contributed by atoms with Crippen molar-refractivity contribution in [1.29, 1.82) is 0 Å². The van der Waals surface area contributed by atoms with Crippen molar-refractivity contribution in [3.8, 4) is 0 Å². The van der Waals surface area contributed by atoms with Crippen LogP contribution in [0.5, 0.6) is 0 Å². The molecule has 1 nitrogen and oxygen atoms in total. The van der Waals surface area contributed by atoms with Crippen LogP contribution < -0.4 is 0 Å². The molecule has 0 aromatic heterocycles. The minimum absolute atomic E-state index is 1.12. The van der Waals surface area contributed by atoms with Gasteiger partial charge in [-0.05, 0) is 0 Å². The van der Waals surface area contributed by atoms with E-state index in [4.69, 9.17) is 12.2 Å². The molecule has 0 atom stereocenters. The third-order valence-electron chi connectivity index (χ3n) is 1.92. The average molecular weight is 324 g/mol. The van der Waals surface area contributed by atoms with Gasteiger partial charge >= 0.3 is 104 Å². The van der Waals surface area contributed by atoms with E-state index in [2.05, 4.69) is 18.7 Å². The molecule has 13 heavy (non-hydrogen) atoms. The first-order chi connectivity index (χ1) is 6.26. The predicted octanol–water partition coefficient (Wildman–Crippen LogP) is 2.72. The molecule has 2 radical (unpaired) electrons. The summed E-state index contributed by atoms with van der Waals surface area (Å²) in [6.07, 6.45) is 5.06. The Kier molecular flexibility index (Phi) is 10.4. The fraction of sp³-hybridized carbons (Fsp3) is 0.889. The summed E-state index contributed by atoms with van der Waals surface area (Å²) in [6, 6.07) is 0. The van der Waals surface area contributed by atoms with Gasteiger partial charge in [0.1, 0.15) is 0 Å². The monoisotopic (exact) mass is 325 g/mol. The number of unbranched alkanes of at least 4 members (excludes halogenated alkanes) is 2. The maximum atomic E-state index is 5.32. The SMILES string of the molecule is CCCCN(CCCC)C(=S)[S][SnH]. The Bertz CT molecular complexity index is 134. The van der Waals surface area contributed by atoms with E-state index in [0.717, 1.165) is 17.4 Å². The van der Waals surface area contributed by atoms with E-state index in [9.17, 15) is 0 Å². The minimum atomic E-state index is 1.12. The van der Waals surface area contributed by atoms with Gasteiger partial charge in [0.25, 0.3) is 0 Å². The summed E-state index contributed by atoms with van der Waals surface area (Å²) in [7, 11) is 1.82. The molecular weight excluding hydrogens is 305 g/mol. The molecule has 0 aliphatic rings. The summed E-state index contributed by atoms with van der Waals surface area (Å²) < 4.78 is 1.12. The first-order valence-electron chi connectivity index (χ1n) is 4.91. The van der Waals surface area contributed by atoms with Gasteiger partial charge in [0.15, 0.2) is 0 Å². The number of thiocarbonyl (C=S) groups is 1. The summed E-state index contributed by atoms with van der Waals surface area (Å²) in [5.41, 5.74) is 0. The maximum absolute atomic E-state index is 5.32. The van der Waals surface area contributed by atoms with E-state index in [1.165, 1.54) is 46.8 Å². The molecule has 0 aromatic carbocycles. The molecule has 0 bridgehead atoms. The van der Waals surface area contributed by atoms with Gasteiger partial charge in [-0.1, -0.05) is 0 Å². The molecule has 0 fully saturated rings. The van der Waals surface area contributed by atoms with Crippen molar-refractivity contribution in [2.24, 2.45) is 0 Å². The van der Waals surface area contributed by atoms with Gasteiger partial charge in [-0.2, -0.15) is 0 Å². The molecule has 0 heterocycles. The Morgan fingerprint density at radius 1 is 1.23 bits per heavy atom. The van der Waals surface area contributed by atoms with E-state index in [-0.39, 0.29) is 0 Å². The summed E-state index contributed by atoms with van der Waals surface area (Å²) in [6.45, 7) is 6.77. The normalized spacial score (nSPS) is 10.1. The Balaban J connectivity index is 3.79. The zero-order valence-electron chi connectivity index (χ0n) is 8.58. The molecule has 4 heteroatoms. The molecule has 0 saturated carbocycles. The van der Waals surface area contributed by atoms with Crippen molar-refractivity contribution < 1.29 is 0 Å². The van der Waals surface area contributed by atoms with Crippen LogP contribution in [0.4, 0.5) is 0 Å². The fourth-order valence-corrected chi connectivity index (χ4v) is 2.86. The van der Waals surface area contributed by atoms with Crippen LogP contribution in [0.2, 0.25) is 0 Å². The average Bonchev–Trinajstić information content (AvgIpc) is 2.17. The van der Waals surface area contributed by atoms with E-state index in [1.807, 2.05) is 8.95 Å². The summed E-state index contributed by atoms with van der Waals surface area (Å²) in [5.74, 6) is 0. The molecule has 0 aromatic rings. The van der Waals surface area contributed by atoms with Crippen LogP contribution in [-0.2, 0) is 0 Å². The number of hydrogen-bond donors (Lipinski definition) is 0.